The van der Waals surface area contributed by atoms with Gasteiger partial charge >= 0.3 is 0 Å². The van der Waals surface area contributed by atoms with Crippen LogP contribution in [0.5, 0.6) is 0 Å². The highest BCUT2D eigenvalue weighted by molar-refractivity contribution is 7.92. The Bertz CT molecular complexity index is 287. The average Bonchev–Trinajstić information content (AvgIpc) is 2.25. The van der Waals surface area contributed by atoms with E-state index >= 15 is 0 Å². The fraction of sp³-hybridized carbons (Fsp3) is 1.00. The van der Waals surface area contributed by atoms with Gasteiger partial charge in [0, 0.05) is 12.1 Å². The first kappa shape index (κ1) is 13.0. The second-order valence-corrected chi connectivity index (χ2v) is 6.90. The molecule has 90 valence electrons. The highest BCUT2D eigenvalue weighted by Gasteiger charge is 2.34. The Morgan fingerprint density at radius 3 is 2.53 bits per heavy atom. The average molecular weight is 233 g/mol. The van der Waals surface area contributed by atoms with Crippen molar-refractivity contribution < 1.29 is 8.42 Å². The van der Waals surface area contributed by atoms with Gasteiger partial charge in [0.2, 0.25) is 0 Å². The maximum absolute atomic E-state index is 12.0. The summed E-state index contributed by atoms with van der Waals surface area (Å²) in [7, 11) is -2.88. The molecule has 1 saturated heterocycles. The minimum atomic E-state index is -2.88. The molecule has 1 N–H and O–H groups in total. The maximum Gasteiger partial charge on any atom is 0.154 e. The lowest BCUT2D eigenvalue weighted by atomic mass is 10.0. The molecule has 0 spiro atoms. The van der Waals surface area contributed by atoms with E-state index in [4.69, 9.17) is 0 Å². The van der Waals surface area contributed by atoms with E-state index < -0.39 is 9.84 Å². The second kappa shape index (κ2) is 5.30. The molecule has 0 aromatic rings. The zero-order valence-electron chi connectivity index (χ0n) is 9.99. The topological polar surface area (TPSA) is 46.2 Å². The lowest BCUT2D eigenvalue weighted by Crippen LogP contribution is -2.44. The molecule has 15 heavy (non-hydrogen) atoms. The quantitative estimate of drug-likeness (QED) is 0.807. The molecule has 0 radical (unpaired) electrons. The first-order chi connectivity index (χ1) is 7.01. The zero-order valence-corrected chi connectivity index (χ0v) is 10.8. The molecular weight excluding hydrogens is 210 g/mol. The Kier molecular flexibility index (Phi) is 4.59. The van der Waals surface area contributed by atoms with Gasteiger partial charge in [-0.25, -0.2) is 8.42 Å². The smallest absolute Gasteiger partial charge is 0.154 e. The minimum Gasteiger partial charge on any atom is -0.310 e. The maximum atomic E-state index is 12.0. The molecule has 0 aromatic carbocycles. The predicted octanol–water partition coefficient (Wildman–Crippen LogP) is 1.73. The Morgan fingerprint density at radius 1 is 1.33 bits per heavy atom. The molecule has 3 atom stereocenters. The Morgan fingerprint density at radius 2 is 2.00 bits per heavy atom. The monoisotopic (exact) mass is 233 g/mol. The van der Waals surface area contributed by atoms with E-state index in [1.54, 1.807) is 0 Å². The highest BCUT2D eigenvalue weighted by Crippen LogP contribution is 2.21. The summed E-state index contributed by atoms with van der Waals surface area (Å²) in [6.45, 7) is 6.16. The Labute approximate surface area is 93.6 Å². The van der Waals surface area contributed by atoms with Crippen LogP contribution in [0.15, 0.2) is 0 Å². The first-order valence-corrected chi connectivity index (χ1v) is 7.70. The second-order valence-electron chi connectivity index (χ2n) is 4.57. The molecule has 0 aromatic heterocycles. The molecule has 0 amide bonds. The van der Waals surface area contributed by atoms with Crippen LogP contribution in [0.3, 0.4) is 0 Å². The van der Waals surface area contributed by atoms with E-state index in [0.717, 1.165) is 25.7 Å². The van der Waals surface area contributed by atoms with Crippen molar-refractivity contribution >= 4 is 9.84 Å². The third-order valence-electron chi connectivity index (χ3n) is 3.25. The summed E-state index contributed by atoms with van der Waals surface area (Å²) < 4.78 is 24.0. The van der Waals surface area contributed by atoms with Gasteiger partial charge in [-0.3, -0.25) is 0 Å². The largest absolute Gasteiger partial charge is 0.310 e. The van der Waals surface area contributed by atoms with E-state index in [-0.39, 0.29) is 11.3 Å². The summed E-state index contributed by atoms with van der Waals surface area (Å²) in [6, 6.07) is 0.482. The van der Waals surface area contributed by atoms with Gasteiger partial charge in [0.05, 0.1) is 11.0 Å². The summed E-state index contributed by atoms with van der Waals surface area (Å²) in [5, 5.41) is 3.28. The number of nitrogens with one attached hydrogen (secondary N) is 1. The molecular formula is C11H23NO2S. The molecule has 0 aliphatic carbocycles. The van der Waals surface area contributed by atoms with Crippen molar-refractivity contribution in [3.05, 3.63) is 0 Å². The number of rotatable bonds is 3. The summed E-state index contributed by atoms with van der Waals surface area (Å²) in [5.74, 6) is 0.347. The van der Waals surface area contributed by atoms with E-state index in [2.05, 4.69) is 19.2 Å². The van der Waals surface area contributed by atoms with E-state index in [9.17, 15) is 8.42 Å². The van der Waals surface area contributed by atoms with Crippen molar-refractivity contribution in [2.45, 2.75) is 63.8 Å². The number of sulfone groups is 1. The van der Waals surface area contributed by atoms with E-state index in [1.165, 1.54) is 0 Å². The van der Waals surface area contributed by atoms with Gasteiger partial charge in [-0.2, -0.15) is 0 Å². The Balaban J connectivity index is 2.89. The van der Waals surface area contributed by atoms with Crippen molar-refractivity contribution in [2.24, 2.45) is 0 Å². The standard InChI is InChI=1S/C11H23NO2S/c1-4-6-10-11(5-2)15(13,14)8-7-9(3)12-10/h9-12H,4-8H2,1-3H3. The van der Waals surface area contributed by atoms with Crippen LogP contribution in [0.1, 0.15) is 46.5 Å². The fourth-order valence-electron chi connectivity index (χ4n) is 2.42. The van der Waals surface area contributed by atoms with Crippen molar-refractivity contribution in [1.29, 1.82) is 0 Å². The molecule has 4 heteroatoms. The summed E-state index contributed by atoms with van der Waals surface area (Å²) in [4.78, 5) is 0. The van der Waals surface area contributed by atoms with Crippen LogP contribution in [0.4, 0.5) is 0 Å². The van der Waals surface area contributed by atoms with E-state index in [1.807, 2.05) is 6.92 Å². The summed E-state index contributed by atoms with van der Waals surface area (Å²) in [5.41, 5.74) is 0. The predicted molar refractivity (Wildman–Crippen MR) is 63.8 cm³/mol. The van der Waals surface area contributed by atoms with Gasteiger partial charge in [0.1, 0.15) is 0 Å². The molecule has 1 rings (SSSR count). The summed E-state index contributed by atoms with van der Waals surface area (Å²) >= 11 is 0. The van der Waals surface area contributed by atoms with Crippen LogP contribution in [0, 0.1) is 0 Å². The molecule has 3 unspecified atom stereocenters. The van der Waals surface area contributed by atoms with Crippen LogP contribution in [0.2, 0.25) is 0 Å². The third kappa shape index (κ3) is 3.18. The van der Waals surface area contributed by atoms with Gasteiger partial charge in [-0.1, -0.05) is 20.3 Å². The van der Waals surface area contributed by atoms with Crippen LogP contribution in [-0.4, -0.2) is 31.5 Å². The van der Waals surface area contributed by atoms with Crippen LogP contribution < -0.4 is 5.32 Å². The zero-order chi connectivity index (χ0) is 11.5. The molecule has 1 aliphatic heterocycles. The van der Waals surface area contributed by atoms with Crippen LogP contribution >= 0.6 is 0 Å². The third-order valence-corrected chi connectivity index (χ3v) is 5.64. The van der Waals surface area contributed by atoms with Gasteiger partial charge < -0.3 is 5.32 Å². The SMILES string of the molecule is CCCC1NC(C)CCS(=O)(=O)C1CC. The number of hydrogen-bond acceptors (Lipinski definition) is 3. The van der Waals surface area contributed by atoms with Gasteiger partial charge in [0.15, 0.2) is 9.84 Å². The number of hydrogen-bond donors (Lipinski definition) is 1. The molecule has 3 nitrogen and oxygen atoms in total. The van der Waals surface area contributed by atoms with Gasteiger partial charge in [-0.05, 0) is 26.2 Å². The van der Waals surface area contributed by atoms with Crippen molar-refractivity contribution in [2.75, 3.05) is 5.75 Å². The first-order valence-electron chi connectivity index (χ1n) is 5.98. The normalized spacial score (nSPS) is 36.1. The minimum absolute atomic E-state index is 0.155. The molecule has 1 fully saturated rings. The van der Waals surface area contributed by atoms with E-state index in [0.29, 0.717) is 11.8 Å². The lowest BCUT2D eigenvalue weighted by Gasteiger charge is -2.25. The molecule has 0 saturated carbocycles. The molecule has 0 bridgehead atoms. The molecule has 1 aliphatic rings. The van der Waals surface area contributed by atoms with Gasteiger partial charge in [-0.15, -0.1) is 0 Å². The fourth-order valence-corrected chi connectivity index (χ4v) is 4.63. The Hall–Kier alpha value is -0.0900. The summed E-state index contributed by atoms with van der Waals surface area (Å²) in [6.07, 6.45) is 3.48. The van der Waals surface area contributed by atoms with Crippen LogP contribution in [-0.2, 0) is 9.84 Å². The molecule has 1 heterocycles. The van der Waals surface area contributed by atoms with Crippen molar-refractivity contribution in [1.82, 2.24) is 5.32 Å². The lowest BCUT2D eigenvalue weighted by molar-refractivity contribution is 0.404. The van der Waals surface area contributed by atoms with Crippen molar-refractivity contribution in [3.63, 3.8) is 0 Å². The van der Waals surface area contributed by atoms with Crippen molar-refractivity contribution in [3.8, 4) is 0 Å². The highest BCUT2D eigenvalue weighted by atomic mass is 32.2. The van der Waals surface area contributed by atoms with Crippen LogP contribution in [0.25, 0.3) is 0 Å². The van der Waals surface area contributed by atoms with Gasteiger partial charge in [0.25, 0.3) is 0 Å².